The number of nitrogens with two attached hydrogens (primary N) is 1. The van der Waals surface area contributed by atoms with E-state index in [4.69, 9.17) is 10.5 Å². The zero-order valence-corrected chi connectivity index (χ0v) is 12.5. The normalized spacial score (nSPS) is 10.7. The largest absolute Gasteiger partial charge is 0.486 e. The first-order chi connectivity index (χ1) is 11.0. The molecule has 116 valence electrons. The second-order valence-corrected chi connectivity index (χ2v) is 5.24. The highest BCUT2D eigenvalue weighted by molar-refractivity contribution is 5.92. The number of ether oxygens (including phenoxy) is 1. The topological polar surface area (TPSA) is 65.2 Å². The molecule has 3 aromatic rings. The van der Waals surface area contributed by atoms with Crippen molar-refractivity contribution >= 4 is 16.8 Å². The number of aryl methyl sites for hydroxylation is 1. The number of amides is 1. The van der Waals surface area contributed by atoms with Crippen molar-refractivity contribution in [1.82, 2.24) is 4.98 Å². The van der Waals surface area contributed by atoms with Gasteiger partial charge in [0.25, 0.3) is 0 Å². The SMILES string of the molecule is Cc1cc(COc2ccc(C(N)=O)cc2F)c2ccccc2n1. The molecule has 2 N–H and O–H groups in total. The minimum absolute atomic E-state index is 0.0774. The highest BCUT2D eigenvalue weighted by Crippen LogP contribution is 2.23. The molecule has 0 unspecified atom stereocenters. The second-order valence-electron chi connectivity index (χ2n) is 5.24. The fourth-order valence-electron chi connectivity index (χ4n) is 2.44. The fourth-order valence-corrected chi connectivity index (χ4v) is 2.44. The van der Waals surface area contributed by atoms with E-state index in [-0.39, 0.29) is 17.9 Å². The Labute approximate surface area is 132 Å². The number of hydrogen-bond donors (Lipinski definition) is 1. The lowest BCUT2D eigenvalue weighted by atomic mass is 10.1. The molecule has 0 atom stereocenters. The lowest BCUT2D eigenvalue weighted by Crippen LogP contribution is -2.11. The molecule has 2 aromatic carbocycles. The number of primary amides is 1. The Balaban J connectivity index is 1.88. The molecular weight excluding hydrogens is 295 g/mol. The third-order valence-corrected chi connectivity index (χ3v) is 3.53. The Kier molecular flexibility index (Phi) is 3.93. The minimum atomic E-state index is -0.675. The zero-order chi connectivity index (χ0) is 16.4. The number of aromatic nitrogens is 1. The lowest BCUT2D eigenvalue weighted by Gasteiger charge is -2.11. The molecule has 23 heavy (non-hydrogen) atoms. The molecule has 0 saturated heterocycles. The van der Waals surface area contributed by atoms with Crippen LogP contribution in [0.3, 0.4) is 0 Å². The number of hydrogen-bond acceptors (Lipinski definition) is 3. The number of fused-ring (bicyclic) bond motifs is 1. The maximum atomic E-state index is 14.0. The van der Waals surface area contributed by atoms with Gasteiger partial charge in [-0.2, -0.15) is 0 Å². The third kappa shape index (κ3) is 3.13. The van der Waals surface area contributed by atoms with Crippen molar-refractivity contribution in [3.05, 3.63) is 71.2 Å². The van der Waals surface area contributed by atoms with Crippen LogP contribution in [0.1, 0.15) is 21.6 Å². The first-order valence-electron chi connectivity index (χ1n) is 7.12. The standard InChI is InChI=1S/C18H15FN2O2/c1-11-8-13(14-4-2-3-5-16(14)21-11)10-23-17-7-6-12(18(20)22)9-15(17)19/h2-9H,10H2,1H3,(H2,20,22). The van der Waals surface area contributed by atoms with E-state index in [2.05, 4.69) is 4.98 Å². The Morgan fingerprint density at radius 3 is 2.74 bits per heavy atom. The Morgan fingerprint density at radius 1 is 1.22 bits per heavy atom. The Hall–Kier alpha value is -2.95. The summed E-state index contributed by atoms with van der Waals surface area (Å²) in [6.07, 6.45) is 0. The van der Waals surface area contributed by atoms with Gasteiger partial charge in [-0.3, -0.25) is 9.78 Å². The number of benzene rings is 2. The predicted molar refractivity (Wildman–Crippen MR) is 85.7 cm³/mol. The molecular formula is C18H15FN2O2. The number of carbonyl (C=O) groups is 1. The van der Waals surface area contributed by atoms with Gasteiger partial charge in [0.1, 0.15) is 6.61 Å². The van der Waals surface area contributed by atoms with Gasteiger partial charge in [0.05, 0.1) is 5.52 Å². The number of para-hydroxylation sites is 1. The smallest absolute Gasteiger partial charge is 0.248 e. The summed E-state index contributed by atoms with van der Waals surface area (Å²) < 4.78 is 19.5. The second kappa shape index (κ2) is 6.04. The van der Waals surface area contributed by atoms with Crippen molar-refractivity contribution in [2.45, 2.75) is 13.5 Å². The summed E-state index contributed by atoms with van der Waals surface area (Å²) in [7, 11) is 0. The van der Waals surface area contributed by atoms with Gasteiger partial charge >= 0.3 is 0 Å². The molecule has 0 aliphatic rings. The zero-order valence-electron chi connectivity index (χ0n) is 12.5. The molecule has 0 spiro atoms. The van der Waals surface area contributed by atoms with Crippen LogP contribution < -0.4 is 10.5 Å². The Morgan fingerprint density at radius 2 is 2.00 bits per heavy atom. The molecule has 0 radical (unpaired) electrons. The molecule has 0 aliphatic carbocycles. The van der Waals surface area contributed by atoms with E-state index in [1.54, 1.807) is 0 Å². The van der Waals surface area contributed by atoms with E-state index < -0.39 is 11.7 Å². The van der Waals surface area contributed by atoms with Gasteiger partial charge in [0.2, 0.25) is 5.91 Å². The molecule has 0 bridgehead atoms. The number of halogens is 1. The molecule has 1 heterocycles. The van der Waals surface area contributed by atoms with Crippen LogP contribution in [0.2, 0.25) is 0 Å². The summed E-state index contributed by atoms with van der Waals surface area (Å²) in [6, 6.07) is 13.6. The minimum Gasteiger partial charge on any atom is -0.486 e. The monoisotopic (exact) mass is 310 g/mol. The van der Waals surface area contributed by atoms with Crippen LogP contribution in [0.5, 0.6) is 5.75 Å². The maximum Gasteiger partial charge on any atom is 0.248 e. The molecule has 0 saturated carbocycles. The van der Waals surface area contributed by atoms with Gasteiger partial charge in [-0.15, -0.1) is 0 Å². The fraction of sp³-hybridized carbons (Fsp3) is 0.111. The molecule has 1 aromatic heterocycles. The van der Waals surface area contributed by atoms with Gasteiger partial charge in [-0.25, -0.2) is 4.39 Å². The van der Waals surface area contributed by atoms with E-state index in [0.29, 0.717) is 0 Å². The van der Waals surface area contributed by atoms with Gasteiger partial charge < -0.3 is 10.5 Å². The van der Waals surface area contributed by atoms with Crippen LogP contribution in [0, 0.1) is 12.7 Å². The molecule has 3 rings (SSSR count). The van der Waals surface area contributed by atoms with Crippen molar-refractivity contribution in [3.63, 3.8) is 0 Å². The van der Waals surface area contributed by atoms with Gasteiger partial charge in [-0.1, -0.05) is 18.2 Å². The van der Waals surface area contributed by atoms with Gasteiger partial charge in [-0.05, 0) is 37.3 Å². The van der Waals surface area contributed by atoms with Crippen LogP contribution in [-0.4, -0.2) is 10.9 Å². The average Bonchev–Trinajstić information content (AvgIpc) is 2.53. The lowest BCUT2D eigenvalue weighted by molar-refractivity contribution is 0.0999. The highest BCUT2D eigenvalue weighted by Gasteiger charge is 2.10. The van der Waals surface area contributed by atoms with Gasteiger partial charge in [0, 0.05) is 22.2 Å². The van der Waals surface area contributed by atoms with Crippen LogP contribution in [0.25, 0.3) is 10.9 Å². The quantitative estimate of drug-likeness (QED) is 0.803. The maximum absolute atomic E-state index is 14.0. The van der Waals surface area contributed by atoms with Crippen molar-refractivity contribution in [3.8, 4) is 5.75 Å². The Bertz CT molecular complexity index is 893. The van der Waals surface area contributed by atoms with E-state index >= 15 is 0 Å². The number of carbonyl (C=O) groups excluding carboxylic acids is 1. The average molecular weight is 310 g/mol. The number of nitrogens with zero attached hydrogens (tertiary/aromatic N) is 1. The van der Waals surface area contributed by atoms with E-state index in [9.17, 15) is 9.18 Å². The van der Waals surface area contributed by atoms with Crippen molar-refractivity contribution in [1.29, 1.82) is 0 Å². The molecule has 1 amide bonds. The van der Waals surface area contributed by atoms with E-state index in [0.717, 1.165) is 28.2 Å². The number of rotatable bonds is 4. The summed E-state index contributed by atoms with van der Waals surface area (Å²) in [5.74, 6) is -1.21. The van der Waals surface area contributed by atoms with Gasteiger partial charge in [0.15, 0.2) is 11.6 Å². The van der Waals surface area contributed by atoms with Crippen LogP contribution in [0.4, 0.5) is 4.39 Å². The van der Waals surface area contributed by atoms with Crippen LogP contribution in [0.15, 0.2) is 48.5 Å². The highest BCUT2D eigenvalue weighted by atomic mass is 19.1. The number of pyridine rings is 1. The first-order valence-corrected chi connectivity index (χ1v) is 7.12. The van der Waals surface area contributed by atoms with Crippen molar-refractivity contribution < 1.29 is 13.9 Å². The summed E-state index contributed by atoms with van der Waals surface area (Å²) in [5.41, 5.74) is 7.90. The van der Waals surface area contributed by atoms with E-state index in [1.165, 1.54) is 12.1 Å². The first kappa shape index (κ1) is 15.0. The summed E-state index contributed by atoms with van der Waals surface area (Å²) >= 11 is 0. The predicted octanol–water partition coefficient (Wildman–Crippen LogP) is 3.36. The third-order valence-electron chi connectivity index (χ3n) is 3.53. The van der Waals surface area contributed by atoms with Crippen molar-refractivity contribution in [2.75, 3.05) is 0 Å². The van der Waals surface area contributed by atoms with Crippen LogP contribution >= 0.6 is 0 Å². The summed E-state index contributed by atoms with van der Waals surface area (Å²) in [4.78, 5) is 15.5. The van der Waals surface area contributed by atoms with E-state index in [1.807, 2.05) is 37.3 Å². The summed E-state index contributed by atoms with van der Waals surface area (Å²) in [5, 5.41) is 0.965. The molecule has 4 nitrogen and oxygen atoms in total. The molecule has 0 aliphatic heterocycles. The summed E-state index contributed by atoms with van der Waals surface area (Å²) in [6.45, 7) is 2.11. The molecule has 5 heteroatoms. The van der Waals surface area contributed by atoms with Crippen LogP contribution in [-0.2, 0) is 6.61 Å². The molecule has 0 fully saturated rings. The van der Waals surface area contributed by atoms with Crippen molar-refractivity contribution in [2.24, 2.45) is 5.73 Å².